The second kappa shape index (κ2) is 14.4. The van der Waals surface area contributed by atoms with Gasteiger partial charge in [0.2, 0.25) is 0 Å². The summed E-state index contributed by atoms with van der Waals surface area (Å²) in [6.45, 7) is 14.4. The van der Waals surface area contributed by atoms with Crippen LogP contribution in [0.5, 0.6) is 5.75 Å². The van der Waals surface area contributed by atoms with Crippen molar-refractivity contribution in [2.45, 2.75) is 77.7 Å². The molecule has 290 valence electrons. The number of likely N-dealkylation sites (tertiary alicyclic amines) is 1. The van der Waals surface area contributed by atoms with Crippen molar-refractivity contribution in [3.05, 3.63) is 158 Å². The molecular weight excluding hydrogens is 721 g/mol. The number of thiophene rings is 1. The van der Waals surface area contributed by atoms with E-state index in [0.717, 1.165) is 56.3 Å². The first kappa shape index (κ1) is 36.3. The number of aryl methyl sites for hydroxylation is 3. The highest BCUT2D eigenvalue weighted by Gasteiger charge is 2.44. The fourth-order valence-electron chi connectivity index (χ4n) is 10.4. The van der Waals surface area contributed by atoms with Crippen LogP contribution < -0.4 is 4.90 Å². The molecule has 2 aromatic heterocycles. The van der Waals surface area contributed by atoms with Gasteiger partial charge in [0, 0.05) is 60.3 Å². The minimum Gasteiger partial charge on any atom is -0.508 e. The van der Waals surface area contributed by atoms with Gasteiger partial charge < -0.3 is 14.9 Å². The first-order chi connectivity index (χ1) is 27.7. The maximum absolute atomic E-state index is 10.3. The summed E-state index contributed by atoms with van der Waals surface area (Å²) < 4.78 is 2.21. The number of aromatic nitrogens is 3. The smallest absolute Gasteiger partial charge is 0.162 e. The molecule has 2 saturated heterocycles. The number of fused-ring (bicyclic) bond motifs is 4. The predicted octanol–water partition coefficient (Wildman–Crippen LogP) is 9.88. The summed E-state index contributed by atoms with van der Waals surface area (Å²) in [5.41, 5.74) is 13.4. The molecule has 10 rings (SSSR count). The van der Waals surface area contributed by atoms with Crippen molar-refractivity contribution in [1.82, 2.24) is 19.7 Å². The van der Waals surface area contributed by atoms with E-state index in [1.165, 1.54) is 86.0 Å². The van der Waals surface area contributed by atoms with Crippen LogP contribution >= 0.6 is 11.3 Å². The molecule has 0 bridgehead atoms. The maximum atomic E-state index is 10.3. The Morgan fingerprint density at radius 2 is 1.60 bits per heavy atom. The Bertz CT molecular complexity index is 2450. The molecular formula is C49H52N6OS. The molecule has 4 aromatic carbocycles. The fraction of sp³-hybridized carbons (Fsp3) is 0.367. The molecule has 7 nitrogen and oxygen atoms in total. The van der Waals surface area contributed by atoms with E-state index < -0.39 is 0 Å². The van der Waals surface area contributed by atoms with Crippen LogP contribution in [0.3, 0.4) is 0 Å². The van der Waals surface area contributed by atoms with E-state index in [-0.39, 0.29) is 12.0 Å². The van der Waals surface area contributed by atoms with Crippen LogP contribution in [0.2, 0.25) is 0 Å². The molecule has 0 amide bonds. The lowest BCUT2D eigenvalue weighted by molar-refractivity contribution is -0.0172. The summed E-state index contributed by atoms with van der Waals surface area (Å²) in [4.78, 5) is 11.8. The minimum absolute atomic E-state index is 0.0674. The van der Waals surface area contributed by atoms with Crippen LogP contribution in [-0.2, 0) is 12.8 Å². The SMILES string of the molecule is Cc1sc2c(c1C)C(c1ccc(CCN3CC4(CCN(c5ccc([C@@H]6c7ccc(O)cc7CC[C@@H]6c6ccccc6)cc5)CC4)C3)cc1)=N[C@@H](C)c1nnc(C)n1-2. The Hall–Kier alpha value is -5.05. The van der Waals surface area contributed by atoms with Gasteiger partial charge in [-0.25, -0.2) is 0 Å². The van der Waals surface area contributed by atoms with Crippen molar-refractivity contribution in [1.29, 1.82) is 0 Å². The lowest BCUT2D eigenvalue weighted by Crippen LogP contribution is -2.60. The standard InChI is InChI=1S/C49H52N6OS/c1-31-33(3)57-48-44(31)46(50-32(2)47-52-51-34(4)55(47)48)38-12-10-35(11-13-38)22-25-53-29-49(30-53)23-26-54(27-24-49)40-17-14-37(15-18-40)45-42(36-8-6-5-7-9-36)20-16-39-28-41(56)19-21-43(39)45/h5-15,17-19,21,28,32,42,45,56H,16,20,22-27,29-30H2,1-4H3/t32-,42+,45-/m0/s1. The second-order valence-corrected chi connectivity index (χ2v) is 18.4. The summed E-state index contributed by atoms with van der Waals surface area (Å²) >= 11 is 1.81. The predicted molar refractivity (Wildman–Crippen MR) is 232 cm³/mol. The van der Waals surface area contributed by atoms with Crippen LogP contribution in [0.25, 0.3) is 5.00 Å². The third-order valence-corrected chi connectivity index (χ3v) is 14.9. The topological polar surface area (TPSA) is 69.8 Å². The number of rotatable bonds is 7. The summed E-state index contributed by atoms with van der Waals surface area (Å²) in [5.74, 6) is 2.90. The quantitative estimate of drug-likeness (QED) is 0.175. The molecule has 1 spiro atoms. The van der Waals surface area contributed by atoms with Gasteiger partial charge in [0.15, 0.2) is 5.82 Å². The molecule has 1 N–H and O–H groups in total. The van der Waals surface area contributed by atoms with Gasteiger partial charge in [0.25, 0.3) is 0 Å². The Morgan fingerprint density at radius 1 is 0.842 bits per heavy atom. The largest absolute Gasteiger partial charge is 0.508 e. The number of anilines is 1. The van der Waals surface area contributed by atoms with Gasteiger partial charge in [-0.2, -0.15) is 0 Å². The van der Waals surface area contributed by atoms with Gasteiger partial charge in [-0.15, -0.1) is 21.5 Å². The monoisotopic (exact) mass is 772 g/mol. The van der Waals surface area contributed by atoms with Crippen molar-refractivity contribution >= 4 is 22.7 Å². The van der Waals surface area contributed by atoms with E-state index in [9.17, 15) is 5.11 Å². The first-order valence-corrected chi connectivity index (χ1v) is 21.7. The molecule has 0 unspecified atom stereocenters. The van der Waals surface area contributed by atoms with Gasteiger partial charge in [0.1, 0.15) is 22.6 Å². The normalized spacial score (nSPS) is 21.3. The number of aliphatic imine (C=N–C) groups is 1. The average Bonchev–Trinajstić information content (AvgIpc) is 3.71. The first-order valence-electron chi connectivity index (χ1n) is 20.9. The summed E-state index contributed by atoms with van der Waals surface area (Å²) in [6, 6.07) is 35.6. The van der Waals surface area contributed by atoms with Crippen LogP contribution in [-0.4, -0.2) is 63.2 Å². The highest BCUT2D eigenvalue weighted by atomic mass is 32.1. The Morgan fingerprint density at radius 3 is 2.35 bits per heavy atom. The summed E-state index contributed by atoms with van der Waals surface area (Å²) in [5, 5.41) is 20.4. The lowest BCUT2D eigenvalue weighted by Gasteiger charge is -2.54. The number of aromatic hydroxyl groups is 1. The molecule has 57 heavy (non-hydrogen) atoms. The van der Waals surface area contributed by atoms with E-state index in [4.69, 9.17) is 4.99 Å². The van der Waals surface area contributed by atoms with E-state index >= 15 is 0 Å². The van der Waals surface area contributed by atoms with E-state index in [2.05, 4.69) is 130 Å². The zero-order chi connectivity index (χ0) is 38.8. The van der Waals surface area contributed by atoms with Crippen molar-refractivity contribution in [2.24, 2.45) is 10.4 Å². The van der Waals surface area contributed by atoms with E-state index in [0.29, 0.717) is 17.1 Å². The third-order valence-electron chi connectivity index (χ3n) is 13.7. The Kier molecular flexibility index (Phi) is 9.17. The molecule has 4 aliphatic rings. The number of piperidine rings is 1. The zero-order valence-electron chi connectivity index (χ0n) is 33.6. The molecule has 2 fully saturated rings. The van der Waals surface area contributed by atoms with Crippen molar-refractivity contribution in [3.63, 3.8) is 0 Å². The molecule has 3 aliphatic heterocycles. The van der Waals surface area contributed by atoms with Crippen LogP contribution in [0.15, 0.2) is 102 Å². The molecule has 5 heterocycles. The van der Waals surface area contributed by atoms with E-state index in [1.54, 1.807) is 0 Å². The number of hydrogen-bond donors (Lipinski definition) is 1. The second-order valence-electron chi connectivity index (χ2n) is 17.2. The third kappa shape index (κ3) is 6.51. The zero-order valence-corrected chi connectivity index (χ0v) is 34.4. The Balaban J connectivity index is 0.757. The van der Waals surface area contributed by atoms with Gasteiger partial charge >= 0.3 is 0 Å². The molecule has 0 saturated carbocycles. The highest BCUT2D eigenvalue weighted by molar-refractivity contribution is 7.15. The van der Waals surface area contributed by atoms with Crippen LogP contribution in [0.1, 0.15) is 105 Å². The van der Waals surface area contributed by atoms with E-state index in [1.807, 2.05) is 30.4 Å². The molecule has 1 aliphatic carbocycles. The van der Waals surface area contributed by atoms with Crippen LogP contribution in [0.4, 0.5) is 5.69 Å². The molecule has 3 atom stereocenters. The number of phenols is 1. The molecule has 8 heteroatoms. The number of nitrogens with zero attached hydrogens (tertiary/aromatic N) is 6. The van der Waals surface area contributed by atoms with Gasteiger partial charge in [0.05, 0.1) is 5.71 Å². The molecule has 0 radical (unpaired) electrons. The van der Waals surface area contributed by atoms with Crippen molar-refractivity contribution in [2.75, 3.05) is 37.6 Å². The molecule has 6 aromatic rings. The lowest BCUT2D eigenvalue weighted by atomic mass is 9.69. The number of hydrogen-bond acceptors (Lipinski definition) is 7. The van der Waals surface area contributed by atoms with Crippen molar-refractivity contribution < 1.29 is 5.11 Å². The minimum atomic E-state index is -0.0674. The van der Waals surface area contributed by atoms with Crippen LogP contribution in [0, 0.1) is 26.2 Å². The van der Waals surface area contributed by atoms with Gasteiger partial charge in [-0.05, 0) is 129 Å². The number of phenolic OH excluding ortho intramolecular Hbond substituents is 1. The van der Waals surface area contributed by atoms with Gasteiger partial charge in [-0.1, -0.05) is 72.8 Å². The summed E-state index contributed by atoms with van der Waals surface area (Å²) in [6.07, 6.45) is 5.67. The highest BCUT2D eigenvalue weighted by Crippen LogP contribution is 2.48. The van der Waals surface area contributed by atoms with Crippen molar-refractivity contribution in [3.8, 4) is 10.8 Å². The maximum Gasteiger partial charge on any atom is 0.162 e. The summed E-state index contributed by atoms with van der Waals surface area (Å²) in [7, 11) is 0. The Labute approximate surface area is 340 Å². The van der Waals surface area contributed by atoms with Gasteiger partial charge in [-0.3, -0.25) is 9.56 Å². The fourth-order valence-corrected chi connectivity index (χ4v) is 11.6. The number of benzene rings is 4. The average molecular weight is 773 g/mol.